The van der Waals surface area contributed by atoms with Gasteiger partial charge in [0.1, 0.15) is 0 Å². The van der Waals surface area contributed by atoms with Crippen molar-refractivity contribution in [2.45, 2.75) is 53.9 Å². The Morgan fingerprint density at radius 1 is 1.19 bits per heavy atom. The predicted molar refractivity (Wildman–Crippen MR) is 91.7 cm³/mol. The molecule has 0 aromatic heterocycles. The van der Waals surface area contributed by atoms with E-state index < -0.39 is 0 Å². The van der Waals surface area contributed by atoms with Crippen LogP contribution in [0.1, 0.15) is 53.9 Å². The van der Waals surface area contributed by atoms with Gasteiger partial charge in [0.25, 0.3) is 0 Å². The summed E-state index contributed by atoms with van der Waals surface area (Å²) < 4.78 is 27.4. The number of hydrogen-bond donors (Lipinski definition) is 0. The Balaban J connectivity index is -0.000000312. The Kier molecular flexibility index (Phi) is 24.4. The van der Waals surface area contributed by atoms with Crippen molar-refractivity contribution in [3.8, 4) is 0 Å². The van der Waals surface area contributed by atoms with Gasteiger partial charge in [0.05, 0.1) is 6.61 Å². The molecule has 0 aromatic rings. The van der Waals surface area contributed by atoms with Crippen LogP contribution in [0.3, 0.4) is 0 Å². The molecule has 0 radical (unpaired) electrons. The first kappa shape index (κ1) is 32.1. The zero-order valence-corrected chi connectivity index (χ0v) is 17.1. The maximum atomic E-state index is 11.4. The molecule has 1 rings (SSSR count). The molecule has 1 aliphatic rings. The molecule has 0 aromatic carbocycles. The molecule has 0 spiro atoms. The van der Waals surface area contributed by atoms with E-state index in [4.69, 9.17) is 18.7 Å². The average Bonchev–Trinajstić information content (AvgIpc) is 2.59. The maximum Gasteiger partial charge on any atom is 0 e. The minimum absolute atomic E-state index is 0. The minimum atomic E-state index is -0.266. The number of allylic oxidation sites excluding steroid dienone is 5. The zero-order chi connectivity index (χ0) is 20.5. The van der Waals surface area contributed by atoms with E-state index in [0.717, 1.165) is 5.57 Å². The van der Waals surface area contributed by atoms with Crippen LogP contribution in [0.5, 0.6) is 0 Å². The smallest absolute Gasteiger partial charge is 0 e. The van der Waals surface area contributed by atoms with Gasteiger partial charge >= 0.3 is 39.9 Å². The summed E-state index contributed by atoms with van der Waals surface area (Å²) in [5.41, 5.74) is 4.05. The van der Waals surface area contributed by atoms with Crippen molar-refractivity contribution in [3.63, 3.8) is 0 Å². The molecule has 1 aliphatic carbocycles. The topological polar surface area (TPSA) is 86.0 Å². The SMILES string of the molecule is CCOC(=O)/C=C(C)\C=C\C1=C(C)CCCC1(C)C.[C-]#[O+].[C-]#[O+].[C-]#[O+].[Fe]. The molecule has 0 fully saturated rings. The van der Waals surface area contributed by atoms with Crippen molar-refractivity contribution in [2.75, 3.05) is 6.61 Å². The molecule has 0 saturated heterocycles. The minimum Gasteiger partial charge on any atom is 0 e. The van der Waals surface area contributed by atoms with Crippen molar-refractivity contribution in [2.24, 2.45) is 5.41 Å². The van der Waals surface area contributed by atoms with Crippen LogP contribution >= 0.6 is 0 Å². The first-order valence-electron chi connectivity index (χ1n) is 7.71. The van der Waals surface area contributed by atoms with Gasteiger partial charge in [-0.2, -0.15) is 0 Å². The fourth-order valence-corrected chi connectivity index (χ4v) is 2.64. The number of esters is 1. The number of rotatable bonds is 4. The second-order valence-electron chi connectivity index (χ2n) is 5.91. The first-order valence-corrected chi connectivity index (χ1v) is 7.71. The average molecular weight is 402 g/mol. The van der Waals surface area contributed by atoms with Gasteiger partial charge < -0.3 is 4.74 Å². The Morgan fingerprint density at radius 2 is 1.69 bits per heavy atom. The van der Waals surface area contributed by atoms with Gasteiger partial charge in [-0.3, -0.25) is 0 Å². The standard InChI is InChI=1S/C17H26O2.3CO.Fe/c1-6-19-16(18)12-13(2)9-10-15-14(3)8-7-11-17(15,4)5;3*1-2;/h9-10,12H,6-8,11H2,1-5H3;;;;/b10-9+,13-12-;;;;. The third-order valence-corrected chi connectivity index (χ3v) is 3.69. The molecule has 0 bridgehead atoms. The van der Waals surface area contributed by atoms with E-state index in [2.05, 4.69) is 46.8 Å². The summed E-state index contributed by atoms with van der Waals surface area (Å²) in [6.07, 6.45) is 9.41. The molecular weight excluding hydrogens is 376 g/mol. The van der Waals surface area contributed by atoms with Crippen molar-refractivity contribution < 1.29 is 40.6 Å². The summed E-state index contributed by atoms with van der Waals surface area (Å²) in [7, 11) is 0. The summed E-state index contributed by atoms with van der Waals surface area (Å²) in [6, 6.07) is 0. The molecule has 0 heterocycles. The van der Waals surface area contributed by atoms with E-state index in [1.807, 2.05) is 19.9 Å². The van der Waals surface area contributed by atoms with Gasteiger partial charge in [0.2, 0.25) is 0 Å². The fourth-order valence-electron chi connectivity index (χ4n) is 2.64. The van der Waals surface area contributed by atoms with Crippen molar-refractivity contribution >= 4 is 5.97 Å². The normalized spacial score (nSPS) is 14.8. The van der Waals surface area contributed by atoms with Crippen LogP contribution in [0.2, 0.25) is 0 Å². The largest absolute Gasteiger partial charge is 0 e. The van der Waals surface area contributed by atoms with Gasteiger partial charge in [-0.15, -0.1) is 0 Å². The molecule has 0 saturated carbocycles. The van der Waals surface area contributed by atoms with Crippen molar-refractivity contribution in [1.29, 1.82) is 0 Å². The maximum absolute atomic E-state index is 11.4. The van der Waals surface area contributed by atoms with Crippen LogP contribution in [0.4, 0.5) is 0 Å². The van der Waals surface area contributed by atoms with Crippen LogP contribution in [-0.2, 0) is 40.6 Å². The number of carbonyl (C=O) groups excluding carboxylic acids is 1. The van der Waals surface area contributed by atoms with E-state index in [9.17, 15) is 4.79 Å². The van der Waals surface area contributed by atoms with Gasteiger partial charge in [-0.1, -0.05) is 31.6 Å². The van der Waals surface area contributed by atoms with Crippen LogP contribution in [0.15, 0.2) is 34.9 Å². The van der Waals surface area contributed by atoms with E-state index in [0.29, 0.717) is 6.61 Å². The Hall–Kier alpha value is -1.57. The van der Waals surface area contributed by atoms with Crippen molar-refractivity contribution in [1.82, 2.24) is 0 Å². The second-order valence-corrected chi connectivity index (χ2v) is 5.91. The molecule has 0 amide bonds. The molecule has 144 valence electrons. The number of ether oxygens (including phenoxy) is 1. The van der Waals surface area contributed by atoms with Crippen LogP contribution in [0, 0.1) is 25.4 Å². The number of hydrogen-bond acceptors (Lipinski definition) is 2. The fraction of sp³-hybridized carbons (Fsp3) is 0.500. The third-order valence-electron chi connectivity index (χ3n) is 3.69. The van der Waals surface area contributed by atoms with Crippen LogP contribution in [-0.4, -0.2) is 12.6 Å². The molecule has 26 heavy (non-hydrogen) atoms. The van der Waals surface area contributed by atoms with Crippen molar-refractivity contribution in [3.05, 3.63) is 54.9 Å². The summed E-state index contributed by atoms with van der Waals surface area (Å²) in [5.74, 6) is -0.266. The van der Waals surface area contributed by atoms with Crippen LogP contribution < -0.4 is 0 Å². The van der Waals surface area contributed by atoms with E-state index in [1.54, 1.807) is 6.08 Å². The monoisotopic (exact) mass is 402 g/mol. The Labute approximate surface area is 167 Å². The van der Waals surface area contributed by atoms with Gasteiger partial charge in [0.15, 0.2) is 0 Å². The summed E-state index contributed by atoms with van der Waals surface area (Å²) >= 11 is 0. The zero-order valence-electron chi connectivity index (χ0n) is 16.0. The Morgan fingerprint density at radius 3 is 2.12 bits per heavy atom. The molecule has 0 unspecified atom stereocenters. The quantitative estimate of drug-likeness (QED) is 0.174. The van der Waals surface area contributed by atoms with Crippen LogP contribution in [0.25, 0.3) is 0 Å². The van der Waals surface area contributed by atoms with Gasteiger partial charge in [0, 0.05) is 23.1 Å². The van der Waals surface area contributed by atoms with E-state index in [-0.39, 0.29) is 28.5 Å². The Bertz CT molecular complexity index is 534. The number of carbonyl (C=O) groups is 1. The summed E-state index contributed by atoms with van der Waals surface area (Å²) in [4.78, 5) is 11.4. The molecule has 0 N–H and O–H groups in total. The predicted octanol–water partition coefficient (Wildman–Crippen LogP) is 4.46. The molecule has 0 atom stereocenters. The molecule has 5 nitrogen and oxygen atoms in total. The first-order chi connectivity index (χ1) is 11.9. The molecule has 6 heteroatoms. The third kappa shape index (κ3) is 13.7. The van der Waals surface area contributed by atoms with Gasteiger partial charge in [-0.25, -0.2) is 4.79 Å². The molecule has 0 aliphatic heterocycles. The van der Waals surface area contributed by atoms with E-state index in [1.165, 1.54) is 30.4 Å². The summed E-state index contributed by atoms with van der Waals surface area (Å²) in [5, 5.41) is 0. The summed E-state index contributed by atoms with van der Waals surface area (Å²) in [6.45, 7) is 24.5. The second kappa shape index (κ2) is 19.8. The van der Waals surface area contributed by atoms with Gasteiger partial charge in [-0.05, 0) is 56.6 Å². The van der Waals surface area contributed by atoms with E-state index >= 15 is 0 Å². The molecular formula is C20H26FeO5.